The number of unbranched alkanes of at least 4 members (excludes halogenated alkanes) is 8. The van der Waals surface area contributed by atoms with Crippen molar-refractivity contribution >= 4 is 5.91 Å². The fourth-order valence-corrected chi connectivity index (χ4v) is 4.61. The van der Waals surface area contributed by atoms with E-state index < -0.39 is 0 Å². The minimum absolute atomic E-state index is 0. The Hall–Kier alpha value is -1.07. The minimum atomic E-state index is 0. The smallest absolute Gasteiger partial charge is 0.277 e. The lowest BCUT2D eigenvalue weighted by Crippen LogP contribution is -3.00. The number of rotatable bonds is 20. The molecule has 1 aromatic carbocycles. The second-order valence-corrected chi connectivity index (χ2v) is 11.4. The van der Waals surface area contributed by atoms with Crippen LogP contribution in [0, 0.1) is 6.92 Å². The average Bonchev–Trinajstić information content (AvgIpc) is 2.79. The summed E-state index contributed by atoms with van der Waals surface area (Å²) in [7, 11) is 4.42. The second-order valence-electron chi connectivity index (χ2n) is 11.4. The standard InChI is InChI=1S/C31H57N2O2.BrH/c1-8-10-12-15-21-32(22-16-13-11-9-2)31(34)26-33(6,7)23-17-14-18-24-35-30-25-28(5)19-20-29(30)27(3)4;/h19-20,25,27H,8-18,21-24,26H2,1-7H3;1H/q+1;/p-1. The first-order chi connectivity index (χ1) is 16.7. The first kappa shape index (κ1) is 34.9. The van der Waals surface area contributed by atoms with Crippen molar-refractivity contribution in [2.45, 2.75) is 111 Å². The van der Waals surface area contributed by atoms with Crippen LogP contribution in [-0.4, -0.2) is 62.2 Å². The summed E-state index contributed by atoms with van der Waals surface area (Å²) in [4.78, 5) is 15.3. The third kappa shape index (κ3) is 15.2. The number of hydrogen-bond acceptors (Lipinski definition) is 2. The first-order valence-corrected chi connectivity index (χ1v) is 14.5. The molecule has 1 rings (SSSR count). The maximum absolute atomic E-state index is 13.2. The highest BCUT2D eigenvalue weighted by molar-refractivity contribution is 5.77. The molecule has 1 aromatic rings. The van der Waals surface area contributed by atoms with Gasteiger partial charge < -0.3 is 31.1 Å². The van der Waals surface area contributed by atoms with Crippen molar-refractivity contribution in [3.05, 3.63) is 29.3 Å². The highest BCUT2D eigenvalue weighted by atomic mass is 79.9. The van der Waals surface area contributed by atoms with Gasteiger partial charge in [-0.2, -0.15) is 0 Å². The molecule has 0 aliphatic carbocycles. The molecule has 0 aromatic heterocycles. The van der Waals surface area contributed by atoms with Gasteiger partial charge in [-0.25, -0.2) is 0 Å². The molecule has 1 amide bonds. The number of likely N-dealkylation sites (N-methyl/N-ethyl adjacent to an activating group) is 1. The summed E-state index contributed by atoms with van der Waals surface area (Å²) in [5.41, 5.74) is 2.54. The van der Waals surface area contributed by atoms with Crippen molar-refractivity contribution < 1.29 is 31.0 Å². The van der Waals surface area contributed by atoms with Gasteiger partial charge >= 0.3 is 0 Å². The molecular formula is C31H57BrN2O2. The van der Waals surface area contributed by atoms with Crippen molar-refractivity contribution in [1.29, 1.82) is 0 Å². The molecule has 210 valence electrons. The van der Waals surface area contributed by atoms with E-state index in [1.165, 1.54) is 49.7 Å². The van der Waals surface area contributed by atoms with Crippen LogP contribution < -0.4 is 21.7 Å². The molecule has 4 nitrogen and oxygen atoms in total. The molecule has 0 saturated heterocycles. The average molecular weight is 570 g/mol. The Morgan fingerprint density at radius 1 is 0.889 bits per heavy atom. The van der Waals surface area contributed by atoms with Crippen LogP contribution in [0.4, 0.5) is 0 Å². The Morgan fingerprint density at radius 2 is 1.47 bits per heavy atom. The van der Waals surface area contributed by atoms with E-state index in [0.29, 0.717) is 18.4 Å². The van der Waals surface area contributed by atoms with Gasteiger partial charge in [0.05, 0.1) is 27.2 Å². The zero-order chi connectivity index (χ0) is 26.1. The number of halogens is 1. The van der Waals surface area contributed by atoms with Gasteiger partial charge in [-0.1, -0.05) is 78.4 Å². The molecule has 0 bridgehead atoms. The molecule has 0 atom stereocenters. The number of quaternary nitrogens is 1. The number of amides is 1. The van der Waals surface area contributed by atoms with Crippen LogP contribution in [0.15, 0.2) is 18.2 Å². The summed E-state index contributed by atoms with van der Waals surface area (Å²) in [6, 6.07) is 6.53. The second kappa shape index (κ2) is 20.0. The van der Waals surface area contributed by atoms with Gasteiger partial charge in [0.15, 0.2) is 6.54 Å². The monoisotopic (exact) mass is 568 g/mol. The summed E-state index contributed by atoms with van der Waals surface area (Å²) in [5.74, 6) is 1.85. The molecule has 0 unspecified atom stereocenters. The Kier molecular flexibility index (Phi) is 19.4. The number of carbonyl (C=O) groups is 1. The number of carbonyl (C=O) groups excluding carboxylic acids is 1. The molecule has 0 spiro atoms. The van der Waals surface area contributed by atoms with E-state index in [1.54, 1.807) is 0 Å². The summed E-state index contributed by atoms with van der Waals surface area (Å²) < 4.78 is 6.92. The van der Waals surface area contributed by atoms with Gasteiger partial charge in [-0.15, -0.1) is 0 Å². The molecule has 0 fully saturated rings. The van der Waals surface area contributed by atoms with E-state index >= 15 is 0 Å². The van der Waals surface area contributed by atoms with Crippen molar-refractivity contribution in [2.24, 2.45) is 0 Å². The van der Waals surface area contributed by atoms with Crippen LogP contribution >= 0.6 is 0 Å². The predicted molar refractivity (Wildman–Crippen MR) is 151 cm³/mol. The predicted octanol–water partition coefficient (Wildman–Crippen LogP) is 4.74. The molecule has 0 heterocycles. The summed E-state index contributed by atoms with van der Waals surface area (Å²) in [5, 5.41) is 0. The van der Waals surface area contributed by atoms with Crippen molar-refractivity contribution in [1.82, 2.24) is 4.90 Å². The number of benzene rings is 1. The van der Waals surface area contributed by atoms with Crippen LogP contribution in [-0.2, 0) is 4.79 Å². The van der Waals surface area contributed by atoms with Crippen LogP contribution in [0.2, 0.25) is 0 Å². The number of ether oxygens (including phenoxy) is 1. The molecule has 5 heteroatoms. The topological polar surface area (TPSA) is 29.5 Å². The molecule has 36 heavy (non-hydrogen) atoms. The molecule has 0 radical (unpaired) electrons. The lowest BCUT2D eigenvalue weighted by molar-refractivity contribution is -0.883. The van der Waals surface area contributed by atoms with Crippen LogP contribution in [0.3, 0.4) is 0 Å². The van der Waals surface area contributed by atoms with Gasteiger partial charge in [0.1, 0.15) is 5.75 Å². The quantitative estimate of drug-likeness (QED) is 0.168. The Bertz CT molecular complexity index is 694. The summed E-state index contributed by atoms with van der Waals surface area (Å²) in [6.07, 6.45) is 13.1. The number of nitrogens with zero attached hydrogens (tertiary/aromatic N) is 2. The lowest BCUT2D eigenvalue weighted by atomic mass is 10.0. The van der Waals surface area contributed by atoms with E-state index in [4.69, 9.17) is 4.74 Å². The Morgan fingerprint density at radius 3 is 2.03 bits per heavy atom. The molecular weight excluding hydrogens is 512 g/mol. The van der Waals surface area contributed by atoms with Gasteiger partial charge in [0, 0.05) is 13.1 Å². The van der Waals surface area contributed by atoms with E-state index in [1.807, 2.05) is 0 Å². The van der Waals surface area contributed by atoms with E-state index in [2.05, 4.69) is 71.8 Å². The van der Waals surface area contributed by atoms with Crippen molar-refractivity contribution in [3.63, 3.8) is 0 Å². The normalized spacial score (nSPS) is 11.4. The highest BCUT2D eigenvalue weighted by Crippen LogP contribution is 2.27. The SMILES string of the molecule is CCCCCCN(CCCCCC)C(=O)C[N+](C)(C)CCCCCOc1cc(C)ccc1C(C)C.[Br-]. The first-order valence-electron chi connectivity index (χ1n) is 14.5. The van der Waals surface area contributed by atoms with E-state index in [0.717, 1.165) is 68.6 Å². The van der Waals surface area contributed by atoms with Gasteiger partial charge in [0.2, 0.25) is 0 Å². The number of aryl methyl sites for hydroxylation is 1. The van der Waals surface area contributed by atoms with Crippen LogP contribution in [0.5, 0.6) is 5.75 Å². The zero-order valence-corrected chi connectivity index (χ0v) is 26.3. The van der Waals surface area contributed by atoms with Crippen molar-refractivity contribution in [2.75, 3.05) is 46.9 Å². The van der Waals surface area contributed by atoms with E-state index in [-0.39, 0.29) is 17.0 Å². The minimum Gasteiger partial charge on any atom is -1.00 e. The molecule has 0 aliphatic rings. The fraction of sp³-hybridized carbons (Fsp3) is 0.774. The zero-order valence-electron chi connectivity index (χ0n) is 24.7. The maximum Gasteiger partial charge on any atom is 0.277 e. The fourth-order valence-electron chi connectivity index (χ4n) is 4.61. The number of hydrogen-bond donors (Lipinski definition) is 0. The summed E-state index contributed by atoms with van der Waals surface area (Å²) >= 11 is 0. The van der Waals surface area contributed by atoms with Gasteiger partial charge in [0.25, 0.3) is 5.91 Å². The third-order valence-corrected chi connectivity index (χ3v) is 6.94. The van der Waals surface area contributed by atoms with Crippen LogP contribution in [0.1, 0.15) is 115 Å². The lowest BCUT2D eigenvalue weighted by Gasteiger charge is -2.32. The molecule has 0 N–H and O–H groups in total. The summed E-state index contributed by atoms with van der Waals surface area (Å²) in [6.45, 7) is 15.3. The highest BCUT2D eigenvalue weighted by Gasteiger charge is 2.23. The molecule has 0 aliphatic heterocycles. The van der Waals surface area contributed by atoms with Gasteiger partial charge in [-0.3, -0.25) is 4.79 Å². The third-order valence-electron chi connectivity index (χ3n) is 6.94. The van der Waals surface area contributed by atoms with Gasteiger partial charge in [-0.05, 0) is 62.1 Å². The van der Waals surface area contributed by atoms with Crippen molar-refractivity contribution in [3.8, 4) is 5.75 Å². The van der Waals surface area contributed by atoms with E-state index in [9.17, 15) is 4.79 Å². The Balaban J connectivity index is 0.0000122. The Labute approximate surface area is 234 Å². The largest absolute Gasteiger partial charge is 1.00 e. The molecule has 0 saturated carbocycles. The van der Waals surface area contributed by atoms with Crippen LogP contribution in [0.25, 0.3) is 0 Å². The maximum atomic E-state index is 13.2.